The molecule has 1 rings (SSSR count). The monoisotopic (exact) mass is 336 g/mol. The Labute approximate surface area is 131 Å². The Balaban J connectivity index is 2.53. The van der Waals surface area contributed by atoms with Crippen molar-refractivity contribution in [3.8, 4) is 0 Å². The highest BCUT2D eigenvalue weighted by Gasteiger charge is 2.12. The number of benzene rings is 1. The lowest BCUT2D eigenvalue weighted by molar-refractivity contribution is -0.115. The van der Waals surface area contributed by atoms with Gasteiger partial charge in [0, 0.05) is 34.4 Å². The van der Waals surface area contributed by atoms with Crippen LogP contribution in [-0.2, 0) is 15.6 Å². The van der Waals surface area contributed by atoms with Gasteiger partial charge in [0.15, 0.2) is 0 Å². The first-order valence-corrected chi connectivity index (χ1v) is 8.57. The Bertz CT molecular complexity index is 486. The lowest BCUT2D eigenvalue weighted by Crippen LogP contribution is -2.16. The molecule has 0 aliphatic carbocycles. The van der Waals surface area contributed by atoms with Crippen LogP contribution < -0.4 is 11.1 Å². The molecule has 0 fully saturated rings. The van der Waals surface area contributed by atoms with Crippen molar-refractivity contribution in [2.24, 2.45) is 0 Å². The number of carbonyl (C=O) groups is 1. The van der Waals surface area contributed by atoms with E-state index in [1.54, 1.807) is 0 Å². The van der Waals surface area contributed by atoms with E-state index in [0.717, 1.165) is 12.8 Å². The molecule has 20 heavy (non-hydrogen) atoms. The zero-order valence-electron chi connectivity index (χ0n) is 11.2. The molecule has 1 aromatic rings. The Kier molecular flexibility index (Phi) is 7.34. The minimum absolute atomic E-state index is 0.174. The lowest BCUT2D eigenvalue weighted by Gasteiger charge is -2.10. The van der Waals surface area contributed by atoms with Gasteiger partial charge in [-0.2, -0.15) is 0 Å². The van der Waals surface area contributed by atoms with Crippen LogP contribution in [0.3, 0.4) is 0 Å². The maximum atomic E-state index is 11.8. The normalized spacial score (nSPS) is 12.2. The molecule has 0 aromatic heterocycles. The van der Waals surface area contributed by atoms with E-state index in [1.165, 1.54) is 12.1 Å². The fraction of sp³-hybridized carbons (Fsp3) is 0.462. The van der Waals surface area contributed by atoms with Crippen molar-refractivity contribution >= 4 is 51.3 Å². The van der Waals surface area contributed by atoms with Gasteiger partial charge < -0.3 is 11.1 Å². The maximum Gasteiger partial charge on any atom is 0.225 e. The minimum atomic E-state index is -0.960. The van der Waals surface area contributed by atoms with Gasteiger partial charge in [-0.3, -0.25) is 9.00 Å². The lowest BCUT2D eigenvalue weighted by atomic mass is 10.2. The van der Waals surface area contributed by atoms with Gasteiger partial charge in [0.2, 0.25) is 5.91 Å². The topological polar surface area (TPSA) is 72.2 Å². The first-order valence-electron chi connectivity index (χ1n) is 6.33. The van der Waals surface area contributed by atoms with Crippen molar-refractivity contribution in [1.29, 1.82) is 0 Å². The molecule has 0 aliphatic rings. The van der Waals surface area contributed by atoms with Crippen molar-refractivity contribution < 1.29 is 9.00 Å². The predicted octanol–water partition coefficient (Wildman–Crippen LogP) is 3.45. The number of anilines is 2. The molecule has 1 amide bonds. The fourth-order valence-corrected chi connectivity index (χ4v) is 3.35. The number of hydrogen-bond donors (Lipinski definition) is 2. The van der Waals surface area contributed by atoms with E-state index in [4.69, 9.17) is 28.9 Å². The molecule has 0 spiro atoms. The summed E-state index contributed by atoms with van der Waals surface area (Å²) in [4.78, 5) is 11.8. The molecule has 0 saturated carbocycles. The van der Waals surface area contributed by atoms with E-state index < -0.39 is 10.8 Å². The molecular formula is C13H18Cl2N2O2S. The zero-order chi connectivity index (χ0) is 15.1. The molecule has 112 valence electrons. The molecule has 1 atom stereocenters. The van der Waals surface area contributed by atoms with Crippen LogP contribution in [0.1, 0.15) is 26.2 Å². The predicted molar refractivity (Wildman–Crippen MR) is 86.9 cm³/mol. The summed E-state index contributed by atoms with van der Waals surface area (Å²) < 4.78 is 11.6. The van der Waals surface area contributed by atoms with Gasteiger partial charge in [0.25, 0.3) is 0 Å². The van der Waals surface area contributed by atoms with Gasteiger partial charge in [-0.15, -0.1) is 0 Å². The fourth-order valence-electron chi connectivity index (χ4n) is 1.53. The first kappa shape index (κ1) is 17.3. The summed E-state index contributed by atoms with van der Waals surface area (Å²) in [6, 6.07) is 3.03. The SMILES string of the molecule is CCCCS(=O)CCC(=O)Nc1c(Cl)cc(N)cc1Cl. The van der Waals surface area contributed by atoms with Crippen LogP contribution in [-0.4, -0.2) is 21.6 Å². The summed E-state index contributed by atoms with van der Waals surface area (Å²) in [5.74, 6) is 0.715. The molecule has 0 aliphatic heterocycles. The molecule has 0 radical (unpaired) electrons. The van der Waals surface area contributed by atoms with Crippen molar-refractivity contribution in [2.75, 3.05) is 22.6 Å². The van der Waals surface area contributed by atoms with Crippen molar-refractivity contribution in [1.82, 2.24) is 0 Å². The van der Waals surface area contributed by atoms with Gasteiger partial charge in [-0.1, -0.05) is 36.5 Å². The van der Waals surface area contributed by atoms with E-state index in [0.29, 0.717) is 22.9 Å². The standard InChI is InChI=1S/C13H18Cl2N2O2S/c1-2-3-5-20(19)6-4-12(18)17-13-10(14)7-9(16)8-11(13)15/h7-8H,2-6,16H2,1H3,(H,17,18). The van der Waals surface area contributed by atoms with Crippen LogP contribution in [0, 0.1) is 0 Å². The largest absolute Gasteiger partial charge is 0.399 e. The van der Waals surface area contributed by atoms with Crippen LogP contribution in [0.5, 0.6) is 0 Å². The second-order valence-corrected chi connectivity index (χ2v) is 6.87. The Morgan fingerprint density at radius 3 is 2.45 bits per heavy atom. The number of unbranched alkanes of at least 4 members (excludes halogenated alkanes) is 1. The number of halogens is 2. The zero-order valence-corrected chi connectivity index (χ0v) is 13.6. The van der Waals surface area contributed by atoms with Crippen molar-refractivity contribution in [2.45, 2.75) is 26.2 Å². The molecule has 0 bridgehead atoms. The average molecular weight is 337 g/mol. The highest BCUT2D eigenvalue weighted by molar-refractivity contribution is 7.84. The van der Waals surface area contributed by atoms with Crippen LogP contribution in [0.2, 0.25) is 10.0 Å². The summed E-state index contributed by atoms with van der Waals surface area (Å²) in [5, 5.41) is 3.20. The number of carbonyl (C=O) groups excluding carboxylic acids is 1. The molecular weight excluding hydrogens is 319 g/mol. The minimum Gasteiger partial charge on any atom is -0.399 e. The highest BCUT2D eigenvalue weighted by atomic mass is 35.5. The number of nitrogens with two attached hydrogens (primary N) is 1. The van der Waals surface area contributed by atoms with Gasteiger partial charge in [-0.05, 0) is 18.6 Å². The second-order valence-electron chi connectivity index (χ2n) is 4.36. The smallest absolute Gasteiger partial charge is 0.225 e. The quantitative estimate of drug-likeness (QED) is 0.749. The van der Waals surface area contributed by atoms with Crippen LogP contribution in [0.15, 0.2) is 12.1 Å². The molecule has 4 nitrogen and oxygen atoms in total. The number of amides is 1. The Hall–Kier alpha value is -0.780. The first-order chi connectivity index (χ1) is 9.43. The molecule has 7 heteroatoms. The number of nitrogen functional groups attached to an aromatic ring is 1. The summed E-state index contributed by atoms with van der Waals surface area (Å²) in [7, 11) is -0.960. The number of hydrogen-bond acceptors (Lipinski definition) is 3. The second kappa shape index (κ2) is 8.49. The van der Waals surface area contributed by atoms with E-state index in [-0.39, 0.29) is 22.4 Å². The van der Waals surface area contributed by atoms with E-state index in [9.17, 15) is 9.00 Å². The van der Waals surface area contributed by atoms with Gasteiger partial charge in [-0.25, -0.2) is 0 Å². The molecule has 0 heterocycles. The molecule has 1 aromatic carbocycles. The van der Waals surface area contributed by atoms with E-state index >= 15 is 0 Å². The third kappa shape index (κ3) is 5.69. The van der Waals surface area contributed by atoms with Gasteiger partial charge >= 0.3 is 0 Å². The van der Waals surface area contributed by atoms with E-state index in [1.807, 2.05) is 6.92 Å². The highest BCUT2D eigenvalue weighted by Crippen LogP contribution is 2.32. The molecule has 0 saturated heterocycles. The summed E-state index contributed by atoms with van der Waals surface area (Å²) in [5.41, 5.74) is 6.35. The molecule has 3 N–H and O–H groups in total. The van der Waals surface area contributed by atoms with Crippen LogP contribution in [0.25, 0.3) is 0 Å². The van der Waals surface area contributed by atoms with Gasteiger partial charge in [0.05, 0.1) is 15.7 Å². The van der Waals surface area contributed by atoms with Crippen LogP contribution >= 0.6 is 23.2 Å². The summed E-state index contributed by atoms with van der Waals surface area (Å²) >= 11 is 11.9. The summed E-state index contributed by atoms with van der Waals surface area (Å²) in [6.07, 6.45) is 2.08. The molecule has 1 unspecified atom stereocenters. The Morgan fingerprint density at radius 2 is 1.90 bits per heavy atom. The van der Waals surface area contributed by atoms with Crippen molar-refractivity contribution in [3.05, 3.63) is 22.2 Å². The van der Waals surface area contributed by atoms with E-state index in [2.05, 4.69) is 5.32 Å². The number of rotatable bonds is 7. The summed E-state index contributed by atoms with van der Waals surface area (Å²) in [6.45, 7) is 2.04. The van der Waals surface area contributed by atoms with Crippen LogP contribution in [0.4, 0.5) is 11.4 Å². The third-order valence-electron chi connectivity index (χ3n) is 2.61. The average Bonchev–Trinajstić information content (AvgIpc) is 2.38. The third-order valence-corrected chi connectivity index (χ3v) is 4.61. The Morgan fingerprint density at radius 1 is 1.30 bits per heavy atom. The number of nitrogens with one attached hydrogen (secondary N) is 1. The maximum absolute atomic E-state index is 11.8. The van der Waals surface area contributed by atoms with Gasteiger partial charge in [0.1, 0.15) is 0 Å². The van der Waals surface area contributed by atoms with Crippen molar-refractivity contribution in [3.63, 3.8) is 0 Å².